The molecule has 1 N–H and O–H groups in total. The molecule has 20 heavy (non-hydrogen) atoms. The fraction of sp³-hybridized carbons (Fsp3) is 0.500. The number of aromatic carboxylic acids is 1. The second-order valence-electron chi connectivity index (χ2n) is 5.66. The molecule has 3 nitrogen and oxygen atoms in total. The Morgan fingerprint density at radius 3 is 2.70 bits per heavy atom. The number of carboxylic acid groups (broad SMARTS) is 1. The zero-order chi connectivity index (χ0) is 13.9. The van der Waals surface area contributed by atoms with Crippen LogP contribution in [0.1, 0.15) is 53.9 Å². The van der Waals surface area contributed by atoms with E-state index in [-0.39, 0.29) is 0 Å². The van der Waals surface area contributed by atoms with Crippen molar-refractivity contribution in [1.82, 2.24) is 4.98 Å². The number of nitrogens with zero attached hydrogens (tertiary/aromatic N) is 1. The van der Waals surface area contributed by atoms with Crippen LogP contribution in [0.2, 0.25) is 0 Å². The van der Waals surface area contributed by atoms with Crippen LogP contribution in [0.15, 0.2) is 18.2 Å². The minimum absolute atomic E-state index is 0.349. The van der Waals surface area contributed by atoms with E-state index in [4.69, 9.17) is 5.11 Å². The molecule has 1 fully saturated rings. The Bertz CT molecular complexity index is 612. The highest BCUT2D eigenvalue weighted by Crippen LogP contribution is 2.30. The van der Waals surface area contributed by atoms with Crippen LogP contribution in [0.4, 0.5) is 0 Å². The van der Waals surface area contributed by atoms with Gasteiger partial charge in [0, 0.05) is 6.42 Å². The molecule has 0 radical (unpaired) electrons. The van der Waals surface area contributed by atoms with Crippen molar-refractivity contribution in [2.24, 2.45) is 5.92 Å². The van der Waals surface area contributed by atoms with E-state index in [1.54, 1.807) is 23.5 Å². The summed E-state index contributed by atoms with van der Waals surface area (Å²) in [5, 5.41) is 10.2. The molecule has 106 valence electrons. The highest BCUT2D eigenvalue weighted by Gasteiger charge is 2.15. The lowest BCUT2D eigenvalue weighted by Gasteiger charge is -2.11. The molecule has 0 atom stereocenters. The van der Waals surface area contributed by atoms with Crippen molar-refractivity contribution >= 4 is 27.5 Å². The molecule has 1 saturated carbocycles. The van der Waals surface area contributed by atoms with Gasteiger partial charge in [-0.15, -0.1) is 11.3 Å². The number of benzene rings is 1. The topological polar surface area (TPSA) is 50.2 Å². The number of carboxylic acids is 1. The summed E-state index contributed by atoms with van der Waals surface area (Å²) in [4.78, 5) is 15.7. The number of thiazole rings is 1. The monoisotopic (exact) mass is 289 g/mol. The zero-order valence-electron chi connectivity index (χ0n) is 11.5. The maximum absolute atomic E-state index is 11.0. The van der Waals surface area contributed by atoms with Gasteiger partial charge in [0.05, 0.1) is 20.8 Å². The summed E-state index contributed by atoms with van der Waals surface area (Å²) in [6.45, 7) is 0. The predicted molar refractivity (Wildman–Crippen MR) is 81.5 cm³/mol. The predicted octanol–water partition coefficient (Wildman–Crippen LogP) is 4.51. The van der Waals surface area contributed by atoms with Crippen molar-refractivity contribution in [2.45, 2.75) is 44.9 Å². The first-order chi connectivity index (χ1) is 9.72. The van der Waals surface area contributed by atoms with Gasteiger partial charge in [-0.3, -0.25) is 0 Å². The Balaban J connectivity index is 1.79. The Hall–Kier alpha value is -1.42. The third kappa shape index (κ3) is 3.01. The summed E-state index contributed by atoms with van der Waals surface area (Å²) in [6, 6.07) is 5.21. The number of fused-ring (bicyclic) bond motifs is 1. The van der Waals surface area contributed by atoms with Crippen molar-refractivity contribution in [1.29, 1.82) is 0 Å². The van der Waals surface area contributed by atoms with Crippen molar-refractivity contribution in [3.05, 3.63) is 28.8 Å². The van der Waals surface area contributed by atoms with Gasteiger partial charge in [0.25, 0.3) is 0 Å². The van der Waals surface area contributed by atoms with Crippen molar-refractivity contribution < 1.29 is 9.90 Å². The quantitative estimate of drug-likeness (QED) is 0.846. The van der Waals surface area contributed by atoms with Crippen LogP contribution in [0, 0.1) is 5.92 Å². The molecule has 1 aromatic heterocycles. The third-order valence-corrected chi connectivity index (χ3v) is 5.16. The summed E-state index contributed by atoms with van der Waals surface area (Å²) in [5.74, 6) is -0.109. The third-order valence-electron chi connectivity index (χ3n) is 4.12. The first kappa shape index (κ1) is 13.6. The first-order valence-corrected chi connectivity index (χ1v) is 8.17. The molecule has 0 amide bonds. The number of carbonyl (C=O) groups is 1. The van der Waals surface area contributed by atoms with Gasteiger partial charge < -0.3 is 5.11 Å². The molecule has 3 rings (SSSR count). The molecule has 1 aliphatic rings. The van der Waals surface area contributed by atoms with Crippen LogP contribution < -0.4 is 0 Å². The lowest BCUT2D eigenvalue weighted by molar-refractivity contribution is 0.0697. The maximum Gasteiger partial charge on any atom is 0.335 e. The summed E-state index contributed by atoms with van der Waals surface area (Å²) >= 11 is 1.65. The Labute approximate surface area is 122 Å². The average Bonchev–Trinajstić information content (AvgIpc) is 2.64. The summed E-state index contributed by atoms with van der Waals surface area (Å²) in [7, 11) is 0. The first-order valence-electron chi connectivity index (χ1n) is 7.35. The van der Waals surface area contributed by atoms with Crippen LogP contribution in [0.5, 0.6) is 0 Å². The lowest BCUT2D eigenvalue weighted by Crippen LogP contribution is -2.02. The van der Waals surface area contributed by atoms with Crippen molar-refractivity contribution in [3.8, 4) is 0 Å². The maximum atomic E-state index is 11.0. The molecule has 0 bridgehead atoms. The van der Waals surface area contributed by atoms with Crippen LogP contribution >= 0.6 is 11.3 Å². The van der Waals surface area contributed by atoms with Gasteiger partial charge in [0.2, 0.25) is 0 Å². The standard InChI is InChI=1S/C16H19NO2S/c18-16(19)12-7-8-13-14(10-12)20-15(17-13)9-11-5-3-1-2-4-6-11/h7-8,10-11H,1-6,9H2,(H,18,19). The summed E-state index contributed by atoms with van der Waals surface area (Å²) in [6.07, 6.45) is 9.13. The molecule has 1 aromatic carbocycles. The molecule has 2 aromatic rings. The van der Waals surface area contributed by atoms with Gasteiger partial charge >= 0.3 is 5.97 Å². The summed E-state index contributed by atoms with van der Waals surface area (Å²) < 4.78 is 0.994. The molecule has 0 aliphatic heterocycles. The summed E-state index contributed by atoms with van der Waals surface area (Å²) in [5.41, 5.74) is 1.28. The van der Waals surface area contributed by atoms with Crippen LogP contribution in [0.3, 0.4) is 0 Å². The minimum Gasteiger partial charge on any atom is -0.478 e. The van der Waals surface area contributed by atoms with E-state index in [0.717, 1.165) is 27.6 Å². The lowest BCUT2D eigenvalue weighted by atomic mass is 9.97. The molecular formula is C16H19NO2S. The second kappa shape index (κ2) is 5.92. The minimum atomic E-state index is -0.870. The zero-order valence-corrected chi connectivity index (χ0v) is 12.3. The largest absolute Gasteiger partial charge is 0.478 e. The molecule has 1 heterocycles. The molecule has 1 aliphatic carbocycles. The number of rotatable bonds is 3. The smallest absolute Gasteiger partial charge is 0.335 e. The van der Waals surface area contributed by atoms with E-state index in [1.165, 1.54) is 38.5 Å². The molecule has 0 unspecified atom stereocenters. The SMILES string of the molecule is O=C(O)c1ccc2nc(CC3CCCCCC3)sc2c1. The Morgan fingerprint density at radius 2 is 2.00 bits per heavy atom. The van der Waals surface area contributed by atoms with Gasteiger partial charge in [-0.2, -0.15) is 0 Å². The van der Waals surface area contributed by atoms with Crippen molar-refractivity contribution in [3.63, 3.8) is 0 Å². The van der Waals surface area contributed by atoms with E-state index < -0.39 is 5.97 Å². The molecule has 4 heteroatoms. The second-order valence-corrected chi connectivity index (χ2v) is 6.77. The van der Waals surface area contributed by atoms with Gasteiger partial charge in [-0.1, -0.05) is 38.5 Å². The Kier molecular flexibility index (Phi) is 4.01. The van der Waals surface area contributed by atoms with Crippen LogP contribution in [0.25, 0.3) is 10.2 Å². The van der Waals surface area contributed by atoms with Gasteiger partial charge in [0.15, 0.2) is 0 Å². The number of hydrogen-bond acceptors (Lipinski definition) is 3. The highest BCUT2D eigenvalue weighted by atomic mass is 32.1. The van der Waals surface area contributed by atoms with E-state index in [0.29, 0.717) is 5.56 Å². The van der Waals surface area contributed by atoms with Crippen LogP contribution in [-0.4, -0.2) is 16.1 Å². The van der Waals surface area contributed by atoms with Crippen LogP contribution in [-0.2, 0) is 6.42 Å². The molecular weight excluding hydrogens is 270 g/mol. The normalized spacial score (nSPS) is 17.2. The molecule has 0 spiro atoms. The Morgan fingerprint density at radius 1 is 1.25 bits per heavy atom. The van der Waals surface area contributed by atoms with Gasteiger partial charge in [0.1, 0.15) is 0 Å². The van der Waals surface area contributed by atoms with E-state index >= 15 is 0 Å². The van der Waals surface area contributed by atoms with Gasteiger partial charge in [-0.05, 0) is 24.1 Å². The molecule has 0 saturated heterocycles. The number of aromatic nitrogens is 1. The number of hydrogen-bond donors (Lipinski definition) is 1. The van der Waals surface area contributed by atoms with Crippen molar-refractivity contribution in [2.75, 3.05) is 0 Å². The van der Waals surface area contributed by atoms with E-state index in [9.17, 15) is 4.79 Å². The fourth-order valence-corrected chi connectivity index (χ4v) is 4.13. The van der Waals surface area contributed by atoms with E-state index in [1.807, 2.05) is 6.07 Å². The fourth-order valence-electron chi connectivity index (χ4n) is 3.01. The average molecular weight is 289 g/mol. The van der Waals surface area contributed by atoms with Gasteiger partial charge in [-0.25, -0.2) is 9.78 Å². The highest BCUT2D eigenvalue weighted by molar-refractivity contribution is 7.18. The van der Waals surface area contributed by atoms with E-state index in [2.05, 4.69) is 4.98 Å².